The van der Waals surface area contributed by atoms with E-state index in [4.69, 9.17) is 14.3 Å². The van der Waals surface area contributed by atoms with Gasteiger partial charge in [-0.15, -0.1) is 0 Å². The minimum absolute atomic E-state index is 0.202. The number of carbonyl (C=O) groups excluding carboxylic acids is 1. The van der Waals surface area contributed by atoms with Gasteiger partial charge in [-0.05, 0) is 24.1 Å². The number of benzene rings is 1. The summed E-state index contributed by atoms with van der Waals surface area (Å²) in [7, 11) is 1.48. The summed E-state index contributed by atoms with van der Waals surface area (Å²) in [6.07, 6.45) is 2.40. The summed E-state index contributed by atoms with van der Waals surface area (Å²) in [4.78, 5) is 23.5. The summed E-state index contributed by atoms with van der Waals surface area (Å²) in [6.45, 7) is 2.27. The maximum atomic E-state index is 12.3. The van der Waals surface area contributed by atoms with Crippen molar-refractivity contribution in [1.82, 2.24) is 5.32 Å². The number of aliphatic carboxylic acids is 1. The second-order valence-electron chi connectivity index (χ2n) is 4.98. The van der Waals surface area contributed by atoms with Crippen molar-refractivity contribution in [3.8, 4) is 0 Å². The van der Waals surface area contributed by atoms with Crippen LogP contribution in [0.4, 0.5) is 0 Å². The number of furan rings is 1. The van der Waals surface area contributed by atoms with Gasteiger partial charge >= 0.3 is 5.97 Å². The third kappa shape index (κ3) is 3.46. The van der Waals surface area contributed by atoms with Crippen LogP contribution < -0.4 is 5.32 Å². The summed E-state index contributed by atoms with van der Waals surface area (Å²) >= 11 is 0. The van der Waals surface area contributed by atoms with Crippen LogP contribution >= 0.6 is 0 Å². The molecule has 1 unspecified atom stereocenters. The predicted molar refractivity (Wildman–Crippen MR) is 81.0 cm³/mol. The van der Waals surface area contributed by atoms with Crippen molar-refractivity contribution < 1.29 is 23.8 Å². The fourth-order valence-electron chi connectivity index (χ4n) is 2.20. The summed E-state index contributed by atoms with van der Waals surface area (Å²) in [5, 5.41) is 12.3. The van der Waals surface area contributed by atoms with Gasteiger partial charge in [-0.1, -0.05) is 13.0 Å². The summed E-state index contributed by atoms with van der Waals surface area (Å²) in [5.41, 5.74) is 2.03. The number of amides is 1. The van der Waals surface area contributed by atoms with Crippen molar-refractivity contribution in [3.63, 3.8) is 0 Å². The molecule has 6 nitrogen and oxygen atoms in total. The lowest BCUT2D eigenvalue weighted by molar-refractivity contribution is -0.139. The van der Waals surface area contributed by atoms with E-state index < -0.39 is 17.9 Å². The number of carboxylic acid groups (broad SMARTS) is 1. The van der Waals surface area contributed by atoms with Gasteiger partial charge in [0, 0.05) is 25.5 Å². The van der Waals surface area contributed by atoms with E-state index in [1.54, 1.807) is 0 Å². The highest BCUT2D eigenvalue weighted by atomic mass is 16.5. The molecule has 0 saturated heterocycles. The number of methoxy groups -OCH3 is 1. The molecule has 2 rings (SSSR count). The molecule has 0 radical (unpaired) electrons. The van der Waals surface area contributed by atoms with E-state index >= 15 is 0 Å². The Hall–Kier alpha value is -2.34. The van der Waals surface area contributed by atoms with E-state index in [0.29, 0.717) is 16.5 Å². The van der Waals surface area contributed by atoms with Crippen LogP contribution in [0.1, 0.15) is 29.3 Å². The molecule has 2 aromatic rings. The molecule has 0 aliphatic carbocycles. The Morgan fingerprint density at radius 3 is 2.82 bits per heavy atom. The number of fused-ring (bicyclic) bond motifs is 1. The fraction of sp³-hybridized carbons (Fsp3) is 0.375. The summed E-state index contributed by atoms with van der Waals surface area (Å²) < 4.78 is 10.2. The van der Waals surface area contributed by atoms with E-state index in [2.05, 4.69) is 5.32 Å². The van der Waals surface area contributed by atoms with Crippen LogP contribution in [0.25, 0.3) is 11.0 Å². The van der Waals surface area contributed by atoms with Crippen molar-refractivity contribution in [2.75, 3.05) is 13.7 Å². The van der Waals surface area contributed by atoms with Gasteiger partial charge in [0.15, 0.2) is 0 Å². The van der Waals surface area contributed by atoms with E-state index in [9.17, 15) is 9.59 Å². The van der Waals surface area contributed by atoms with Gasteiger partial charge in [-0.2, -0.15) is 0 Å². The third-order valence-corrected chi connectivity index (χ3v) is 3.50. The predicted octanol–water partition coefficient (Wildman–Crippen LogP) is 2.21. The number of rotatable bonds is 7. The molecule has 0 aliphatic heterocycles. The Morgan fingerprint density at radius 2 is 2.18 bits per heavy atom. The maximum absolute atomic E-state index is 12.3. The molecule has 118 valence electrons. The van der Waals surface area contributed by atoms with Gasteiger partial charge in [-0.3, -0.25) is 4.79 Å². The van der Waals surface area contributed by atoms with Gasteiger partial charge in [0.2, 0.25) is 0 Å². The summed E-state index contributed by atoms with van der Waals surface area (Å²) in [5.74, 6) is -1.55. The number of hydrogen-bond acceptors (Lipinski definition) is 4. The lowest BCUT2D eigenvalue weighted by Crippen LogP contribution is -2.41. The molecule has 1 aromatic heterocycles. The highest BCUT2D eigenvalue weighted by Gasteiger charge is 2.22. The van der Waals surface area contributed by atoms with Crippen LogP contribution in [0.15, 0.2) is 28.9 Å². The Morgan fingerprint density at radius 1 is 1.41 bits per heavy atom. The van der Waals surface area contributed by atoms with Crippen LogP contribution in [-0.4, -0.2) is 36.7 Å². The van der Waals surface area contributed by atoms with Crippen molar-refractivity contribution in [2.45, 2.75) is 25.8 Å². The van der Waals surface area contributed by atoms with Crippen LogP contribution in [0.5, 0.6) is 0 Å². The van der Waals surface area contributed by atoms with Crippen molar-refractivity contribution in [3.05, 3.63) is 35.6 Å². The van der Waals surface area contributed by atoms with Gasteiger partial charge in [0.05, 0.1) is 5.56 Å². The van der Waals surface area contributed by atoms with Gasteiger partial charge in [0.25, 0.3) is 5.91 Å². The number of aryl methyl sites for hydroxylation is 1. The number of carboxylic acids is 1. The molecule has 22 heavy (non-hydrogen) atoms. The molecule has 0 spiro atoms. The monoisotopic (exact) mass is 305 g/mol. The first-order valence-electron chi connectivity index (χ1n) is 7.09. The average Bonchev–Trinajstić information content (AvgIpc) is 2.93. The zero-order valence-corrected chi connectivity index (χ0v) is 12.6. The zero-order valence-electron chi connectivity index (χ0n) is 12.6. The second kappa shape index (κ2) is 7.09. The normalized spacial score (nSPS) is 12.3. The van der Waals surface area contributed by atoms with E-state index in [-0.39, 0.29) is 13.0 Å². The topological polar surface area (TPSA) is 88.8 Å². The molecule has 0 saturated carbocycles. The Kier molecular flexibility index (Phi) is 5.16. The van der Waals surface area contributed by atoms with Crippen molar-refractivity contribution in [1.29, 1.82) is 0 Å². The van der Waals surface area contributed by atoms with Crippen molar-refractivity contribution >= 4 is 22.8 Å². The number of hydrogen-bond donors (Lipinski definition) is 2. The Labute approximate surface area is 128 Å². The molecule has 1 heterocycles. The highest BCUT2D eigenvalue weighted by molar-refractivity contribution is 6.07. The zero-order chi connectivity index (χ0) is 16.1. The molecular weight excluding hydrogens is 286 g/mol. The fourth-order valence-corrected chi connectivity index (χ4v) is 2.20. The van der Waals surface area contributed by atoms with Gasteiger partial charge in [0.1, 0.15) is 17.9 Å². The van der Waals surface area contributed by atoms with E-state index in [0.717, 1.165) is 12.0 Å². The molecular formula is C16H19NO5. The molecule has 6 heteroatoms. The maximum Gasteiger partial charge on any atom is 0.326 e. The average molecular weight is 305 g/mol. The third-order valence-electron chi connectivity index (χ3n) is 3.50. The van der Waals surface area contributed by atoms with E-state index in [1.165, 1.54) is 13.4 Å². The van der Waals surface area contributed by atoms with Crippen LogP contribution in [0.3, 0.4) is 0 Å². The quantitative estimate of drug-likeness (QED) is 0.818. The standard InChI is InChI=1S/C16H19NO5/c1-3-10-4-5-14-11(8-10)12(9-22-14)15(18)17-13(16(19)20)6-7-21-2/h4-5,8-9,13H,3,6-7H2,1-2H3,(H,17,18)(H,19,20). The SMILES string of the molecule is CCc1ccc2occ(C(=O)NC(CCOC)C(=O)O)c2c1. The second-order valence-corrected chi connectivity index (χ2v) is 4.98. The first-order valence-corrected chi connectivity index (χ1v) is 7.09. The Bertz CT molecular complexity index is 676. The minimum atomic E-state index is -1.09. The number of nitrogens with one attached hydrogen (secondary N) is 1. The van der Waals surface area contributed by atoms with Gasteiger partial charge < -0.3 is 19.6 Å². The lowest BCUT2D eigenvalue weighted by atomic mass is 10.1. The molecule has 1 atom stereocenters. The van der Waals surface area contributed by atoms with E-state index in [1.807, 2.05) is 25.1 Å². The Balaban J connectivity index is 2.23. The minimum Gasteiger partial charge on any atom is -0.480 e. The molecule has 0 fully saturated rings. The smallest absolute Gasteiger partial charge is 0.326 e. The molecule has 0 aliphatic rings. The number of carbonyl (C=O) groups is 2. The van der Waals surface area contributed by atoms with Crippen LogP contribution in [0, 0.1) is 0 Å². The molecule has 1 aromatic carbocycles. The van der Waals surface area contributed by atoms with Gasteiger partial charge in [-0.25, -0.2) is 4.79 Å². The highest BCUT2D eigenvalue weighted by Crippen LogP contribution is 2.23. The lowest BCUT2D eigenvalue weighted by Gasteiger charge is -2.13. The first-order chi connectivity index (χ1) is 10.6. The van der Waals surface area contributed by atoms with Crippen LogP contribution in [-0.2, 0) is 16.0 Å². The largest absolute Gasteiger partial charge is 0.480 e. The molecule has 0 bridgehead atoms. The molecule has 2 N–H and O–H groups in total. The number of ether oxygens (including phenoxy) is 1. The van der Waals surface area contributed by atoms with Crippen molar-refractivity contribution in [2.24, 2.45) is 0 Å². The molecule has 1 amide bonds. The summed E-state index contributed by atoms with van der Waals surface area (Å²) in [6, 6.07) is 4.64. The first kappa shape index (κ1) is 16.0. The van der Waals surface area contributed by atoms with Crippen LogP contribution in [0.2, 0.25) is 0 Å².